The predicted octanol–water partition coefficient (Wildman–Crippen LogP) is 0.897. The van der Waals surface area contributed by atoms with Crippen LogP contribution in [0.15, 0.2) is 18.2 Å². The minimum atomic E-state index is -0.825. The van der Waals surface area contributed by atoms with E-state index in [4.69, 9.17) is 15.2 Å². The Hall–Kier alpha value is -1.75. The number of methoxy groups -OCH3 is 1. The Balaban J connectivity index is 2.50. The van der Waals surface area contributed by atoms with Crippen LogP contribution in [0.2, 0.25) is 0 Å². The van der Waals surface area contributed by atoms with Gasteiger partial charge in [0.05, 0.1) is 13.7 Å². The number of alkyl carbamates (subject to hydrolysis) is 1. The lowest BCUT2D eigenvalue weighted by Gasteiger charge is -2.27. The van der Waals surface area contributed by atoms with Crippen LogP contribution in [0, 0.1) is 6.92 Å². The number of aryl methyl sites for hydroxylation is 1. The van der Waals surface area contributed by atoms with Gasteiger partial charge in [0.2, 0.25) is 0 Å². The van der Waals surface area contributed by atoms with Gasteiger partial charge in [-0.3, -0.25) is 0 Å². The molecule has 0 saturated carbocycles. The summed E-state index contributed by atoms with van der Waals surface area (Å²) in [5, 5.41) is 2.63. The number of carbonyl (C=O) groups is 1. The Morgan fingerprint density at radius 3 is 2.88 bits per heavy atom. The van der Waals surface area contributed by atoms with Crippen LogP contribution in [0.25, 0.3) is 0 Å². The molecule has 1 unspecified atom stereocenters. The molecule has 1 heterocycles. The number of amides is 1. The van der Waals surface area contributed by atoms with Crippen molar-refractivity contribution in [3.63, 3.8) is 0 Å². The molecule has 0 spiro atoms. The van der Waals surface area contributed by atoms with Crippen molar-refractivity contribution >= 4 is 6.09 Å². The van der Waals surface area contributed by atoms with Crippen LogP contribution >= 0.6 is 0 Å². The van der Waals surface area contributed by atoms with Crippen LogP contribution in [-0.4, -0.2) is 26.3 Å². The zero-order valence-electron chi connectivity index (χ0n) is 9.95. The number of hydrogen-bond donors (Lipinski definition) is 2. The molecule has 2 rings (SSSR count). The lowest BCUT2D eigenvalue weighted by Crippen LogP contribution is -2.39. The lowest BCUT2D eigenvalue weighted by atomic mass is 9.92. The summed E-state index contributed by atoms with van der Waals surface area (Å²) in [6.45, 7) is 2.55. The van der Waals surface area contributed by atoms with E-state index >= 15 is 0 Å². The number of rotatable bonds is 3. The van der Waals surface area contributed by atoms with E-state index in [2.05, 4.69) is 5.32 Å². The van der Waals surface area contributed by atoms with Crippen molar-refractivity contribution in [2.45, 2.75) is 12.5 Å². The van der Waals surface area contributed by atoms with Crippen molar-refractivity contribution in [2.75, 3.05) is 20.2 Å². The van der Waals surface area contributed by atoms with Gasteiger partial charge in [0.15, 0.2) is 5.60 Å². The van der Waals surface area contributed by atoms with Gasteiger partial charge < -0.3 is 20.5 Å². The average molecular weight is 236 g/mol. The van der Waals surface area contributed by atoms with Crippen LogP contribution in [0.1, 0.15) is 11.1 Å². The highest BCUT2D eigenvalue weighted by Crippen LogP contribution is 2.35. The number of benzene rings is 1. The molecule has 0 aromatic heterocycles. The van der Waals surface area contributed by atoms with E-state index < -0.39 is 11.7 Å². The highest BCUT2D eigenvalue weighted by molar-refractivity contribution is 5.71. The molecular formula is C12H16N2O3. The fourth-order valence-corrected chi connectivity index (χ4v) is 2.02. The van der Waals surface area contributed by atoms with Gasteiger partial charge in [-0.25, -0.2) is 4.79 Å². The second kappa shape index (κ2) is 4.25. The SMILES string of the molecule is COc1ccc(C)cc1C1(CN)CNC(=O)O1. The number of cyclic esters (lactones) is 1. The Morgan fingerprint density at radius 1 is 1.59 bits per heavy atom. The molecule has 17 heavy (non-hydrogen) atoms. The quantitative estimate of drug-likeness (QED) is 0.817. The molecule has 0 bridgehead atoms. The maximum atomic E-state index is 11.2. The third kappa shape index (κ3) is 1.93. The minimum Gasteiger partial charge on any atom is -0.496 e. The average Bonchev–Trinajstić information content (AvgIpc) is 2.72. The first kappa shape index (κ1) is 11.7. The number of nitrogens with two attached hydrogens (primary N) is 1. The van der Waals surface area contributed by atoms with E-state index in [-0.39, 0.29) is 6.54 Å². The smallest absolute Gasteiger partial charge is 0.408 e. The van der Waals surface area contributed by atoms with E-state index in [0.29, 0.717) is 12.3 Å². The molecule has 1 atom stereocenters. The normalized spacial score (nSPS) is 23.1. The van der Waals surface area contributed by atoms with Crippen LogP contribution < -0.4 is 15.8 Å². The maximum absolute atomic E-state index is 11.2. The summed E-state index contributed by atoms with van der Waals surface area (Å²) in [4.78, 5) is 11.2. The van der Waals surface area contributed by atoms with Crippen LogP contribution in [0.5, 0.6) is 5.75 Å². The molecule has 1 aromatic rings. The summed E-state index contributed by atoms with van der Waals surface area (Å²) in [7, 11) is 1.59. The molecule has 5 nitrogen and oxygen atoms in total. The fraction of sp³-hybridized carbons (Fsp3) is 0.417. The van der Waals surface area contributed by atoms with E-state index in [9.17, 15) is 4.79 Å². The van der Waals surface area contributed by atoms with Gasteiger partial charge in [0, 0.05) is 12.1 Å². The predicted molar refractivity (Wildman–Crippen MR) is 62.9 cm³/mol. The van der Waals surface area contributed by atoms with Gasteiger partial charge in [-0.15, -0.1) is 0 Å². The number of carbonyl (C=O) groups excluding carboxylic acids is 1. The lowest BCUT2D eigenvalue weighted by molar-refractivity contribution is 0.0596. The zero-order chi connectivity index (χ0) is 12.5. The topological polar surface area (TPSA) is 73.6 Å². The molecule has 1 aliphatic rings. The Labute approximate surface area is 99.9 Å². The summed E-state index contributed by atoms with van der Waals surface area (Å²) in [5.41, 5.74) is 6.81. The molecular weight excluding hydrogens is 220 g/mol. The third-order valence-electron chi connectivity index (χ3n) is 2.98. The van der Waals surface area contributed by atoms with Crippen LogP contribution in [0.3, 0.4) is 0 Å². The Bertz CT molecular complexity index is 447. The van der Waals surface area contributed by atoms with Crippen molar-refractivity contribution in [1.29, 1.82) is 0 Å². The third-order valence-corrected chi connectivity index (χ3v) is 2.98. The standard InChI is InChI=1S/C12H16N2O3/c1-8-3-4-10(16-2)9(5-8)12(6-13)7-14-11(15)17-12/h3-5H,6-7,13H2,1-2H3,(H,14,15). The first-order valence-corrected chi connectivity index (χ1v) is 5.43. The van der Waals surface area contributed by atoms with Crippen molar-refractivity contribution in [1.82, 2.24) is 5.32 Å². The van der Waals surface area contributed by atoms with E-state index in [1.807, 2.05) is 25.1 Å². The summed E-state index contributed by atoms with van der Waals surface area (Å²) in [5.74, 6) is 0.678. The molecule has 1 saturated heterocycles. The summed E-state index contributed by atoms with van der Waals surface area (Å²) < 4.78 is 10.6. The Kier molecular flexibility index (Phi) is 2.93. The molecule has 92 valence electrons. The van der Waals surface area contributed by atoms with Gasteiger partial charge in [-0.05, 0) is 19.1 Å². The van der Waals surface area contributed by atoms with Gasteiger partial charge in [0.1, 0.15) is 5.75 Å². The summed E-state index contributed by atoms with van der Waals surface area (Å²) in [6.07, 6.45) is -0.445. The number of hydrogen-bond acceptors (Lipinski definition) is 4. The largest absolute Gasteiger partial charge is 0.496 e. The van der Waals surface area contributed by atoms with Crippen LogP contribution in [-0.2, 0) is 10.3 Å². The maximum Gasteiger partial charge on any atom is 0.408 e. The second-order valence-electron chi connectivity index (χ2n) is 4.15. The van der Waals surface area contributed by atoms with Gasteiger partial charge in [-0.2, -0.15) is 0 Å². The highest BCUT2D eigenvalue weighted by Gasteiger charge is 2.43. The van der Waals surface area contributed by atoms with Crippen molar-refractivity contribution in [3.8, 4) is 5.75 Å². The van der Waals surface area contributed by atoms with Gasteiger partial charge in [-0.1, -0.05) is 11.6 Å². The highest BCUT2D eigenvalue weighted by atomic mass is 16.6. The first-order valence-electron chi connectivity index (χ1n) is 5.43. The number of ether oxygens (including phenoxy) is 2. The van der Waals surface area contributed by atoms with E-state index in [0.717, 1.165) is 11.1 Å². The molecule has 3 N–H and O–H groups in total. The second-order valence-corrected chi connectivity index (χ2v) is 4.15. The molecule has 1 fully saturated rings. The van der Waals surface area contributed by atoms with E-state index in [1.165, 1.54) is 0 Å². The summed E-state index contributed by atoms with van der Waals surface area (Å²) >= 11 is 0. The summed E-state index contributed by atoms with van der Waals surface area (Å²) in [6, 6.07) is 5.73. The first-order chi connectivity index (χ1) is 8.11. The van der Waals surface area contributed by atoms with Crippen molar-refractivity contribution < 1.29 is 14.3 Å². The molecule has 5 heteroatoms. The van der Waals surface area contributed by atoms with Gasteiger partial charge in [0.25, 0.3) is 0 Å². The van der Waals surface area contributed by atoms with Crippen molar-refractivity contribution in [2.24, 2.45) is 5.73 Å². The van der Waals surface area contributed by atoms with Crippen molar-refractivity contribution in [3.05, 3.63) is 29.3 Å². The molecule has 1 aromatic carbocycles. The number of nitrogens with one attached hydrogen (secondary N) is 1. The molecule has 0 radical (unpaired) electrons. The fourth-order valence-electron chi connectivity index (χ4n) is 2.02. The van der Waals surface area contributed by atoms with Gasteiger partial charge >= 0.3 is 6.09 Å². The van der Waals surface area contributed by atoms with E-state index in [1.54, 1.807) is 7.11 Å². The van der Waals surface area contributed by atoms with Crippen LogP contribution in [0.4, 0.5) is 4.79 Å². The monoisotopic (exact) mass is 236 g/mol. The molecule has 1 aliphatic heterocycles. The Morgan fingerprint density at radius 2 is 2.35 bits per heavy atom. The molecule has 0 aliphatic carbocycles. The zero-order valence-corrected chi connectivity index (χ0v) is 9.95. The molecule has 1 amide bonds. The minimum absolute atomic E-state index is 0.214.